The molecule has 7 heteroatoms. The van der Waals surface area contributed by atoms with Crippen molar-refractivity contribution in [2.45, 2.75) is 6.54 Å². The largest absolute Gasteiger partial charge is 0.379 e. The van der Waals surface area contributed by atoms with E-state index in [-0.39, 0.29) is 11.2 Å². The number of ether oxygens (including phenoxy) is 1. The molecule has 0 atom stereocenters. The predicted octanol–water partition coefficient (Wildman–Crippen LogP) is -0.369. The van der Waals surface area contributed by atoms with Crippen LogP contribution in [0, 0.1) is 0 Å². The second-order valence-electron chi connectivity index (χ2n) is 3.85. The second kappa shape index (κ2) is 5.61. The highest BCUT2D eigenvalue weighted by atomic mass is 79.9. The maximum Gasteiger partial charge on any atom is 0.328 e. The van der Waals surface area contributed by atoms with Gasteiger partial charge >= 0.3 is 5.69 Å². The van der Waals surface area contributed by atoms with Crippen molar-refractivity contribution in [1.29, 1.82) is 0 Å². The van der Waals surface area contributed by atoms with Crippen LogP contribution in [0.2, 0.25) is 0 Å². The average molecular weight is 304 g/mol. The lowest BCUT2D eigenvalue weighted by Crippen LogP contribution is -2.42. The van der Waals surface area contributed by atoms with Crippen LogP contribution in [0.5, 0.6) is 0 Å². The first kappa shape index (κ1) is 12.5. The molecule has 1 aromatic heterocycles. The van der Waals surface area contributed by atoms with Gasteiger partial charge in [-0.15, -0.1) is 0 Å². The molecular formula is C10H14BrN3O3. The van der Waals surface area contributed by atoms with Crippen molar-refractivity contribution >= 4 is 15.9 Å². The Bertz CT molecular complexity index is 490. The molecule has 2 heterocycles. The van der Waals surface area contributed by atoms with E-state index in [1.807, 2.05) is 0 Å². The molecule has 1 fully saturated rings. The first-order valence-electron chi connectivity index (χ1n) is 5.46. The average Bonchev–Trinajstić information content (AvgIpc) is 2.35. The third-order valence-corrected chi connectivity index (χ3v) is 3.33. The molecule has 0 saturated carbocycles. The van der Waals surface area contributed by atoms with Gasteiger partial charge < -0.3 is 9.72 Å². The number of aromatic nitrogens is 2. The summed E-state index contributed by atoms with van der Waals surface area (Å²) in [6.07, 6.45) is 1.37. The zero-order valence-electron chi connectivity index (χ0n) is 9.32. The Morgan fingerprint density at radius 3 is 2.71 bits per heavy atom. The molecule has 1 aromatic rings. The molecule has 0 unspecified atom stereocenters. The van der Waals surface area contributed by atoms with E-state index in [0.717, 1.165) is 13.1 Å². The molecule has 6 nitrogen and oxygen atoms in total. The lowest BCUT2D eigenvalue weighted by molar-refractivity contribution is 0.0361. The number of hydrogen-bond donors (Lipinski definition) is 1. The third-order valence-electron chi connectivity index (χ3n) is 2.76. The van der Waals surface area contributed by atoms with Crippen molar-refractivity contribution < 1.29 is 4.74 Å². The molecule has 0 amide bonds. The highest BCUT2D eigenvalue weighted by Gasteiger charge is 2.11. The highest BCUT2D eigenvalue weighted by molar-refractivity contribution is 9.10. The third kappa shape index (κ3) is 3.05. The fraction of sp³-hybridized carbons (Fsp3) is 0.600. The number of halogens is 1. The van der Waals surface area contributed by atoms with Gasteiger partial charge in [-0.1, -0.05) is 0 Å². The smallest absolute Gasteiger partial charge is 0.328 e. The first-order chi connectivity index (χ1) is 8.18. The van der Waals surface area contributed by atoms with Crippen LogP contribution in [0.1, 0.15) is 0 Å². The summed E-state index contributed by atoms with van der Waals surface area (Å²) in [6, 6.07) is 0. The topological polar surface area (TPSA) is 67.3 Å². The molecular weight excluding hydrogens is 290 g/mol. The Hall–Kier alpha value is -0.920. The van der Waals surface area contributed by atoms with Crippen LogP contribution in [-0.4, -0.2) is 47.3 Å². The molecule has 1 saturated heterocycles. The minimum absolute atomic E-state index is 0.290. The maximum atomic E-state index is 11.7. The highest BCUT2D eigenvalue weighted by Crippen LogP contribution is 1.98. The van der Waals surface area contributed by atoms with Crippen LogP contribution < -0.4 is 11.2 Å². The van der Waals surface area contributed by atoms with Crippen molar-refractivity contribution in [2.75, 3.05) is 32.8 Å². The SMILES string of the molecule is O=c1[nH]cc(Br)c(=O)n1CCN1CCOCC1. The number of morpholine rings is 1. The molecule has 1 aliphatic heterocycles. The second-order valence-corrected chi connectivity index (χ2v) is 4.71. The van der Waals surface area contributed by atoms with Gasteiger partial charge in [0.25, 0.3) is 5.56 Å². The van der Waals surface area contributed by atoms with Crippen molar-refractivity contribution in [2.24, 2.45) is 0 Å². The molecule has 17 heavy (non-hydrogen) atoms. The fourth-order valence-electron chi connectivity index (χ4n) is 1.76. The van der Waals surface area contributed by atoms with Crippen LogP contribution in [0.4, 0.5) is 0 Å². The molecule has 0 radical (unpaired) electrons. The summed E-state index contributed by atoms with van der Waals surface area (Å²) >= 11 is 3.11. The fourth-order valence-corrected chi connectivity index (χ4v) is 2.08. The molecule has 0 bridgehead atoms. The quantitative estimate of drug-likeness (QED) is 0.827. The first-order valence-corrected chi connectivity index (χ1v) is 6.26. The molecule has 0 aliphatic carbocycles. The maximum absolute atomic E-state index is 11.7. The summed E-state index contributed by atoms with van der Waals surface area (Å²) in [4.78, 5) is 27.9. The minimum atomic E-state index is -0.369. The summed E-state index contributed by atoms with van der Waals surface area (Å²) in [5, 5.41) is 0. The van der Waals surface area contributed by atoms with Gasteiger partial charge in [0.1, 0.15) is 0 Å². The van der Waals surface area contributed by atoms with Crippen LogP contribution in [0.15, 0.2) is 20.3 Å². The van der Waals surface area contributed by atoms with Crippen molar-refractivity contribution in [1.82, 2.24) is 14.5 Å². The van der Waals surface area contributed by atoms with Crippen LogP contribution in [-0.2, 0) is 11.3 Å². The van der Waals surface area contributed by atoms with E-state index in [1.54, 1.807) is 0 Å². The Kier molecular flexibility index (Phi) is 4.14. The normalized spacial score (nSPS) is 17.2. The van der Waals surface area contributed by atoms with E-state index in [0.29, 0.717) is 30.8 Å². The summed E-state index contributed by atoms with van der Waals surface area (Å²) in [5.74, 6) is 0. The van der Waals surface area contributed by atoms with E-state index >= 15 is 0 Å². The zero-order chi connectivity index (χ0) is 12.3. The van der Waals surface area contributed by atoms with Crippen molar-refractivity contribution in [3.05, 3.63) is 31.5 Å². The predicted molar refractivity (Wildman–Crippen MR) is 66.3 cm³/mol. The number of nitrogens with zero attached hydrogens (tertiary/aromatic N) is 2. The van der Waals surface area contributed by atoms with Gasteiger partial charge in [0.05, 0.1) is 17.7 Å². The minimum Gasteiger partial charge on any atom is -0.379 e. The molecule has 0 aromatic carbocycles. The van der Waals surface area contributed by atoms with Crippen LogP contribution in [0.25, 0.3) is 0 Å². The number of rotatable bonds is 3. The lowest BCUT2D eigenvalue weighted by atomic mass is 10.4. The molecule has 0 spiro atoms. The zero-order valence-corrected chi connectivity index (χ0v) is 10.9. The van der Waals surface area contributed by atoms with Gasteiger partial charge in [0.2, 0.25) is 0 Å². The summed E-state index contributed by atoms with van der Waals surface area (Å²) < 4.78 is 6.81. The number of nitrogens with one attached hydrogen (secondary N) is 1. The van der Waals surface area contributed by atoms with Gasteiger partial charge in [-0.3, -0.25) is 14.3 Å². The summed E-state index contributed by atoms with van der Waals surface area (Å²) in [6.45, 7) is 4.20. The van der Waals surface area contributed by atoms with Crippen molar-refractivity contribution in [3.8, 4) is 0 Å². The number of H-pyrrole nitrogens is 1. The van der Waals surface area contributed by atoms with Gasteiger partial charge in [-0.25, -0.2) is 4.79 Å². The number of aromatic amines is 1. The van der Waals surface area contributed by atoms with Gasteiger partial charge in [-0.05, 0) is 15.9 Å². The Balaban J connectivity index is 2.06. The summed E-state index contributed by atoms with van der Waals surface area (Å²) in [7, 11) is 0. The van der Waals surface area contributed by atoms with Crippen molar-refractivity contribution in [3.63, 3.8) is 0 Å². The van der Waals surface area contributed by atoms with E-state index < -0.39 is 0 Å². The Morgan fingerprint density at radius 2 is 2.00 bits per heavy atom. The van der Waals surface area contributed by atoms with E-state index in [9.17, 15) is 9.59 Å². The van der Waals surface area contributed by atoms with Crippen LogP contribution in [0.3, 0.4) is 0 Å². The van der Waals surface area contributed by atoms with E-state index in [1.165, 1.54) is 10.8 Å². The Morgan fingerprint density at radius 1 is 1.29 bits per heavy atom. The molecule has 1 aliphatic rings. The molecule has 1 N–H and O–H groups in total. The standard InChI is InChI=1S/C10H14BrN3O3/c11-8-7-12-10(16)14(9(8)15)2-1-13-3-5-17-6-4-13/h7H,1-6H2,(H,12,16). The summed E-state index contributed by atoms with van der Waals surface area (Å²) in [5.41, 5.74) is -0.659. The van der Waals surface area contributed by atoms with Gasteiger partial charge in [0, 0.05) is 32.4 Å². The van der Waals surface area contributed by atoms with Gasteiger partial charge in [0.15, 0.2) is 0 Å². The van der Waals surface area contributed by atoms with Crippen LogP contribution >= 0.6 is 15.9 Å². The number of hydrogen-bond acceptors (Lipinski definition) is 4. The Labute approximate surface area is 106 Å². The lowest BCUT2D eigenvalue weighted by Gasteiger charge is -2.26. The molecule has 2 rings (SSSR count). The van der Waals surface area contributed by atoms with Gasteiger partial charge in [-0.2, -0.15) is 0 Å². The monoisotopic (exact) mass is 303 g/mol. The molecule has 94 valence electrons. The van der Waals surface area contributed by atoms with E-state index in [2.05, 4.69) is 25.8 Å². The van der Waals surface area contributed by atoms with E-state index in [4.69, 9.17) is 4.74 Å².